The number of amides is 2. The van der Waals surface area contributed by atoms with Crippen LogP contribution in [0.4, 0.5) is 22.7 Å². The zero-order chi connectivity index (χ0) is 20.1. The summed E-state index contributed by atoms with van der Waals surface area (Å²) in [6.07, 6.45) is 1.25. The highest BCUT2D eigenvalue weighted by atomic mass is 16.6. The van der Waals surface area contributed by atoms with Gasteiger partial charge in [0.05, 0.1) is 4.92 Å². The van der Waals surface area contributed by atoms with Crippen molar-refractivity contribution in [3.05, 3.63) is 58.6 Å². The third-order valence-corrected chi connectivity index (χ3v) is 4.76. The van der Waals surface area contributed by atoms with Crippen molar-refractivity contribution in [2.75, 3.05) is 28.6 Å². The molecular weight excluding hydrogens is 360 g/mol. The summed E-state index contributed by atoms with van der Waals surface area (Å²) in [5, 5.41) is 16.8. The van der Waals surface area contributed by atoms with E-state index in [1.807, 2.05) is 4.90 Å². The minimum absolute atomic E-state index is 0.0607. The topological polar surface area (TPSA) is 105 Å². The maximum atomic E-state index is 12.5. The van der Waals surface area contributed by atoms with Crippen LogP contribution in [0.25, 0.3) is 0 Å². The van der Waals surface area contributed by atoms with Crippen LogP contribution in [0.2, 0.25) is 0 Å². The number of hydrogen-bond acceptors (Lipinski definition) is 5. The van der Waals surface area contributed by atoms with Gasteiger partial charge in [0.25, 0.3) is 5.69 Å². The zero-order valence-corrected chi connectivity index (χ0v) is 15.6. The molecule has 0 saturated carbocycles. The molecule has 2 N–H and O–H groups in total. The largest absolute Gasteiger partial charge is 0.366 e. The van der Waals surface area contributed by atoms with Gasteiger partial charge in [-0.05, 0) is 43.2 Å². The fraction of sp³-hybridized carbons (Fsp3) is 0.300. The molecule has 1 aliphatic rings. The van der Waals surface area contributed by atoms with Crippen LogP contribution in [0.3, 0.4) is 0 Å². The molecule has 0 bridgehead atoms. The SMILES string of the molecule is CC(=O)Nc1ccc(NC(=O)C2CCN(c3ccccc3[N+](=O)[O-])CC2)cc1. The first-order chi connectivity index (χ1) is 13.4. The maximum Gasteiger partial charge on any atom is 0.292 e. The zero-order valence-electron chi connectivity index (χ0n) is 15.6. The lowest BCUT2D eigenvalue weighted by Crippen LogP contribution is -2.38. The summed E-state index contributed by atoms with van der Waals surface area (Å²) >= 11 is 0. The standard InChI is InChI=1S/C20H22N4O4/c1-14(25)21-16-6-8-17(9-7-16)22-20(26)15-10-12-23(13-11-15)18-4-2-3-5-19(18)24(27)28/h2-9,15H,10-13H2,1H3,(H,21,25)(H,22,26). The molecule has 2 amide bonds. The second kappa shape index (κ2) is 8.51. The van der Waals surface area contributed by atoms with E-state index in [4.69, 9.17) is 0 Å². The Hall–Kier alpha value is -3.42. The van der Waals surface area contributed by atoms with Crippen molar-refractivity contribution < 1.29 is 14.5 Å². The molecule has 1 aliphatic heterocycles. The molecule has 0 atom stereocenters. The highest BCUT2D eigenvalue weighted by molar-refractivity contribution is 5.93. The quantitative estimate of drug-likeness (QED) is 0.609. The first kappa shape index (κ1) is 19.3. The Morgan fingerprint density at radius 3 is 2.14 bits per heavy atom. The van der Waals surface area contributed by atoms with Gasteiger partial charge in [0.1, 0.15) is 5.69 Å². The fourth-order valence-electron chi connectivity index (χ4n) is 3.35. The summed E-state index contributed by atoms with van der Waals surface area (Å²) in [6, 6.07) is 13.6. The van der Waals surface area contributed by atoms with Crippen LogP contribution in [0.5, 0.6) is 0 Å². The van der Waals surface area contributed by atoms with E-state index in [-0.39, 0.29) is 28.3 Å². The highest BCUT2D eigenvalue weighted by Crippen LogP contribution is 2.31. The van der Waals surface area contributed by atoms with Gasteiger partial charge in [0, 0.05) is 43.4 Å². The third kappa shape index (κ3) is 4.64. The fourth-order valence-corrected chi connectivity index (χ4v) is 3.35. The first-order valence-electron chi connectivity index (χ1n) is 9.11. The molecule has 28 heavy (non-hydrogen) atoms. The van der Waals surface area contributed by atoms with E-state index in [1.165, 1.54) is 13.0 Å². The Balaban J connectivity index is 1.57. The van der Waals surface area contributed by atoms with Crippen LogP contribution in [0, 0.1) is 16.0 Å². The van der Waals surface area contributed by atoms with Crippen molar-refractivity contribution in [3.8, 4) is 0 Å². The van der Waals surface area contributed by atoms with Crippen molar-refractivity contribution in [2.45, 2.75) is 19.8 Å². The minimum atomic E-state index is -0.376. The summed E-state index contributed by atoms with van der Waals surface area (Å²) in [5.74, 6) is -0.356. The summed E-state index contributed by atoms with van der Waals surface area (Å²) in [6.45, 7) is 2.61. The molecule has 0 unspecified atom stereocenters. The van der Waals surface area contributed by atoms with Crippen molar-refractivity contribution in [1.29, 1.82) is 0 Å². The number of carbonyl (C=O) groups is 2. The van der Waals surface area contributed by atoms with E-state index in [1.54, 1.807) is 42.5 Å². The molecule has 0 radical (unpaired) electrons. The molecule has 8 nitrogen and oxygen atoms in total. The number of carbonyl (C=O) groups excluding carboxylic acids is 2. The predicted molar refractivity (Wildman–Crippen MR) is 107 cm³/mol. The van der Waals surface area contributed by atoms with Gasteiger partial charge in [0.15, 0.2) is 0 Å². The van der Waals surface area contributed by atoms with Gasteiger partial charge in [-0.3, -0.25) is 19.7 Å². The molecular formula is C20H22N4O4. The number of para-hydroxylation sites is 2. The minimum Gasteiger partial charge on any atom is -0.366 e. The van der Waals surface area contributed by atoms with E-state index in [0.29, 0.717) is 43.0 Å². The van der Waals surface area contributed by atoms with Gasteiger partial charge >= 0.3 is 0 Å². The predicted octanol–water partition coefficient (Wildman–Crippen LogP) is 3.41. The van der Waals surface area contributed by atoms with Gasteiger partial charge in [0.2, 0.25) is 11.8 Å². The van der Waals surface area contributed by atoms with Gasteiger partial charge in [-0.25, -0.2) is 0 Å². The molecule has 0 aliphatic carbocycles. The molecule has 1 saturated heterocycles. The normalized spacial score (nSPS) is 14.4. The lowest BCUT2D eigenvalue weighted by atomic mass is 9.95. The number of piperidine rings is 1. The lowest BCUT2D eigenvalue weighted by molar-refractivity contribution is -0.384. The smallest absolute Gasteiger partial charge is 0.292 e. The van der Waals surface area contributed by atoms with Crippen LogP contribution < -0.4 is 15.5 Å². The second-order valence-corrected chi connectivity index (χ2v) is 6.75. The van der Waals surface area contributed by atoms with Crippen molar-refractivity contribution >= 4 is 34.6 Å². The first-order valence-corrected chi connectivity index (χ1v) is 9.11. The molecule has 0 spiro atoms. The molecule has 1 fully saturated rings. The number of nitro benzene ring substituents is 1. The van der Waals surface area contributed by atoms with E-state index >= 15 is 0 Å². The molecule has 8 heteroatoms. The Labute approximate surface area is 162 Å². The van der Waals surface area contributed by atoms with Gasteiger partial charge in [-0.1, -0.05) is 12.1 Å². The van der Waals surface area contributed by atoms with Crippen LogP contribution in [0.15, 0.2) is 48.5 Å². The Morgan fingerprint density at radius 1 is 1.00 bits per heavy atom. The van der Waals surface area contributed by atoms with Crippen LogP contribution in [0.1, 0.15) is 19.8 Å². The van der Waals surface area contributed by atoms with Crippen LogP contribution in [-0.4, -0.2) is 29.8 Å². The Kier molecular flexibility index (Phi) is 5.88. The summed E-state index contributed by atoms with van der Waals surface area (Å²) in [7, 11) is 0. The second-order valence-electron chi connectivity index (χ2n) is 6.75. The van der Waals surface area contributed by atoms with Gasteiger partial charge in [-0.2, -0.15) is 0 Å². The molecule has 0 aromatic heterocycles. The van der Waals surface area contributed by atoms with Crippen molar-refractivity contribution in [2.24, 2.45) is 5.92 Å². The Morgan fingerprint density at radius 2 is 1.57 bits per heavy atom. The average Bonchev–Trinajstić information content (AvgIpc) is 2.69. The van der Waals surface area contributed by atoms with E-state index in [2.05, 4.69) is 10.6 Å². The van der Waals surface area contributed by atoms with Crippen LogP contribution in [-0.2, 0) is 9.59 Å². The highest BCUT2D eigenvalue weighted by Gasteiger charge is 2.28. The number of nitrogens with zero attached hydrogens (tertiary/aromatic N) is 2. The number of nitro groups is 1. The van der Waals surface area contributed by atoms with Crippen molar-refractivity contribution in [3.63, 3.8) is 0 Å². The summed E-state index contributed by atoms with van der Waals surface area (Å²) in [4.78, 5) is 36.4. The van der Waals surface area contributed by atoms with Gasteiger partial charge in [-0.15, -0.1) is 0 Å². The molecule has 1 heterocycles. The number of rotatable bonds is 5. The third-order valence-electron chi connectivity index (χ3n) is 4.76. The molecule has 3 rings (SSSR count). The maximum absolute atomic E-state index is 12.5. The number of benzene rings is 2. The number of hydrogen-bond donors (Lipinski definition) is 2. The van der Waals surface area contributed by atoms with Crippen LogP contribution >= 0.6 is 0 Å². The average molecular weight is 382 g/mol. The summed E-state index contributed by atoms with van der Waals surface area (Å²) in [5.41, 5.74) is 2.02. The van der Waals surface area contributed by atoms with Gasteiger partial charge < -0.3 is 15.5 Å². The van der Waals surface area contributed by atoms with E-state index in [9.17, 15) is 19.7 Å². The lowest BCUT2D eigenvalue weighted by Gasteiger charge is -2.32. The molecule has 2 aromatic carbocycles. The Bertz CT molecular complexity index is 874. The number of nitrogens with one attached hydrogen (secondary N) is 2. The monoisotopic (exact) mass is 382 g/mol. The molecule has 2 aromatic rings. The van der Waals surface area contributed by atoms with E-state index < -0.39 is 0 Å². The number of anilines is 3. The summed E-state index contributed by atoms with van der Waals surface area (Å²) < 4.78 is 0. The van der Waals surface area contributed by atoms with Crippen molar-refractivity contribution in [1.82, 2.24) is 0 Å². The van der Waals surface area contributed by atoms with E-state index in [0.717, 1.165) is 0 Å². The molecule has 146 valence electrons.